The van der Waals surface area contributed by atoms with Gasteiger partial charge in [-0.25, -0.2) is 0 Å². The molecule has 0 atom stereocenters. The lowest BCUT2D eigenvalue weighted by Gasteiger charge is -2.27. The molecule has 0 saturated heterocycles. The zero-order chi connectivity index (χ0) is 14.6. The van der Waals surface area contributed by atoms with E-state index in [4.69, 9.17) is 4.74 Å². The minimum atomic E-state index is -0.0559. The number of para-hydroxylation sites is 1. The van der Waals surface area contributed by atoms with Crippen LogP contribution < -0.4 is 9.64 Å². The number of fused-ring (bicyclic) bond motifs is 1. The fourth-order valence-corrected chi connectivity index (χ4v) is 2.90. The largest absolute Gasteiger partial charge is 0.485 e. The van der Waals surface area contributed by atoms with Crippen molar-refractivity contribution < 1.29 is 4.74 Å². The number of rotatable bonds is 7. The summed E-state index contributed by atoms with van der Waals surface area (Å²) in [4.78, 5) is 2.52. The highest BCUT2D eigenvalue weighted by Gasteiger charge is 2.32. The van der Waals surface area contributed by atoms with Crippen LogP contribution in [0.25, 0.3) is 0 Å². The van der Waals surface area contributed by atoms with Gasteiger partial charge in [0, 0.05) is 25.1 Å². The summed E-state index contributed by atoms with van der Waals surface area (Å²) in [5.74, 6) is 1.13. The number of ether oxygens (including phenoxy) is 1. The topological polar surface area (TPSA) is 12.5 Å². The molecule has 2 rings (SSSR count). The summed E-state index contributed by atoms with van der Waals surface area (Å²) in [6.45, 7) is 11.1. The molecule has 0 spiro atoms. The average Bonchev–Trinajstić information content (AvgIpc) is 2.73. The van der Waals surface area contributed by atoms with Gasteiger partial charge >= 0.3 is 0 Å². The summed E-state index contributed by atoms with van der Waals surface area (Å²) in [6, 6.07) is 6.63. The van der Waals surface area contributed by atoms with Gasteiger partial charge in [0.2, 0.25) is 0 Å². The molecule has 0 unspecified atom stereocenters. The van der Waals surface area contributed by atoms with E-state index in [0.29, 0.717) is 0 Å². The van der Waals surface area contributed by atoms with Crippen LogP contribution in [0, 0.1) is 0 Å². The second-order valence-corrected chi connectivity index (χ2v) is 6.50. The number of hydrogen-bond acceptors (Lipinski definition) is 2. The first kappa shape index (κ1) is 15.2. The molecule has 0 radical (unpaired) electrons. The summed E-state index contributed by atoms with van der Waals surface area (Å²) in [7, 11) is 0. The highest BCUT2D eigenvalue weighted by atomic mass is 16.5. The first-order valence-electron chi connectivity index (χ1n) is 8.13. The van der Waals surface area contributed by atoms with E-state index in [0.717, 1.165) is 25.3 Å². The summed E-state index contributed by atoms with van der Waals surface area (Å²) in [5.41, 5.74) is 2.61. The number of unbranched alkanes of at least 4 members (excludes halogenated alkanes) is 2. The van der Waals surface area contributed by atoms with E-state index < -0.39 is 0 Å². The van der Waals surface area contributed by atoms with Crippen molar-refractivity contribution in [2.45, 2.75) is 65.4 Å². The van der Waals surface area contributed by atoms with Gasteiger partial charge in [-0.2, -0.15) is 0 Å². The van der Waals surface area contributed by atoms with Crippen molar-refractivity contribution in [1.82, 2.24) is 0 Å². The highest BCUT2D eigenvalue weighted by molar-refractivity contribution is 5.64. The molecular formula is C18H29NO. The van der Waals surface area contributed by atoms with Crippen molar-refractivity contribution in [3.05, 3.63) is 23.8 Å². The lowest BCUT2D eigenvalue weighted by atomic mass is 10.0. The van der Waals surface area contributed by atoms with Gasteiger partial charge in [0.1, 0.15) is 11.4 Å². The minimum absolute atomic E-state index is 0.0559. The lowest BCUT2D eigenvalue weighted by molar-refractivity contribution is 0.139. The maximum absolute atomic E-state index is 6.22. The van der Waals surface area contributed by atoms with Crippen LogP contribution in [0.5, 0.6) is 5.75 Å². The van der Waals surface area contributed by atoms with E-state index >= 15 is 0 Å². The SMILES string of the molecule is CCCCN(CCCC)c1cccc2c1OC(C)(C)C2. The molecule has 0 amide bonds. The molecule has 1 aromatic rings. The molecule has 1 aliphatic rings. The smallest absolute Gasteiger partial charge is 0.146 e. The Kier molecular flexibility index (Phi) is 4.95. The Bertz CT molecular complexity index is 431. The van der Waals surface area contributed by atoms with E-state index in [2.05, 4.69) is 50.8 Å². The summed E-state index contributed by atoms with van der Waals surface area (Å²) >= 11 is 0. The molecule has 1 aromatic carbocycles. The molecule has 1 aliphatic heterocycles. The Morgan fingerprint density at radius 3 is 2.35 bits per heavy atom. The van der Waals surface area contributed by atoms with Crippen molar-refractivity contribution in [3.63, 3.8) is 0 Å². The molecule has 0 aliphatic carbocycles. The first-order valence-corrected chi connectivity index (χ1v) is 8.13. The van der Waals surface area contributed by atoms with Crippen LogP contribution >= 0.6 is 0 Å². The van der Waals surface area contributed by atoms with Crippen LogP contribution in [-0.4, -0.2) is 18.7 Å². The van der Waals surface area contributed by atoms with Crippen molar-refractivity contribution in [2.24, 2.45) is 0 Å². The fourth-order valence-electron chi connectivity index (χ4n) is 2.90. The van der Waals surface area contributed by atoms with Crippen molar-refractivity contribution in [3.8, 4) is 5.75 Å². The van der Waals surface area contributed by atoms with Crippen molar-refractivity contribution in [1.29, 1.82) is 0 Å². The predicted molar refractivity (Wildman–Crippen MR) is 86.9 cm³/mol. The van der Waals surface area contributed by atoms with Crippen molar-refractivity contribution >= 4 is 5.69 Å². The Labute approximate surface area is 124 Å². The monoisotopic (exact) mass is 275 g/mol. The second-order valence-electron chi connectivity index (χ2n) is 6.50. The number of nitrogens with zero attached hydrogens (tertiary/aromatic N) is 1. The Hall–Kier alpha value is -1.18. The van der Waals surface area contributed by atoms with Gasteiger partial charge in [0.25, 0.3) is 0 Å². The molecular weight excluding hydrogens is 246 g/mol. The maximum atomic E-state index is 6.22. The predicted octanol–water partition coefficient (Wildman–Crippen LogP) is 4.81. The van der Waals surface area contributed by atoms with Crippen LogP contribution in [0.3, 0.4) is 0 Å². The molecule has 20 heavy (non-hydrogen) atoms. The third-order valence-electron chi connectivity index (χ3n) is 3.97. The van der Waals surface area contributed by atoms with Crippen LogP contribution in [0.1, 0.15) is 58.9 Å². The fraction of sp³-hybridized carbons (Fsp3) is 0.667. The van der Waals surface area contributed by atoms with Gasteiger partial charge in [0.15, 0.2) is 0 Å². The zero-order valence-electron chi connectivity index (χ0n) is 13.5. The van der Waals surface area contributed by atoms with E-state index in [1.807, 2.05) is 0 Å². The van der Waals surface area contributed by atoms with E-state index in [1.165, 1.54) is 36.9 Å². The molecule has 0 saturated carbocycles. The molecule has 0 N–H and O–H groups in total. The summed E-state index contributed by atoms with van der Waals surface area (Å²) < 4.78 is 6.22. The maximum Gasteiger partial charge on any atom is 0.146 e. The third kappa shape index (κ3) is 3.47. The summed E-state index contributed by atoms with van der Waals surface area (Å²) in [6.07, 6.45) is 5.99. The van der Waals surface area contributed by atoms with Gasteiger partial charge < -0.3 is 9.64 Å². The summed E-state index contributed by atoms with van der Waals surface area (Å²) in [5, 5.41) is 0. The minimum Gasteiger partial charge on any atom is -0.485 e. The lowest BCUT2D eigenvalue weighted by Crippen LogP contribution is -2.28. The van der Waals surface area contributed by atoms with Gasteiger partial charge in [-0.15, -0.1) is 0 Å². The van der Waals surface area contributed by atoms with E-state index in [9.17, 15) is 0 Å². The standard InChI is InChI=1S/C18H29NO/c1-5-7-12-19(13-8-6-2)16-11-9-10-15-14-18(3,4)20-17(15)16/h9-11H,5-8,12-14H2,1-4H3. The van der Waals surface area contributed by atoms with Gasteiger partial charge in [-0.1, -0.05) is 38.8 Å². The molecule has 0 aromatic heterocycles. The van der Waals surface area contributed by atoms with Gasteiger partial charge in [-0.05, 0) is 32.8 Å². The number of hydrogen-bond donors (Lipinski definition) is 0. The Morgan fingerprint density at radius 1 is 1.10 bits per heavy atom. The van der Waals surface area contributed by atoms with Crippen LogP contribution in [0.4, 0.5) is 5.69 Å². The van der Waals surface area contributed by atoms with Crippen LogP contribution in [0.15, 0.2) is 18.2 Å². The quantitative estimate of drug-likeness (QED) is 0.708. The molecule has 0 bridgehead atoms. The Balaban J connectivity index is 2.23. The molecule has 0 fully saturated rings. The van der Waals surface area contributed by atoms with Crippen LogP contribution in [-0.2, 0) is 6.42 Å². The zero-order valence-corrected chi connectivity index (χ0v) is 13.5. The Morgan fingerprint density at radius 2 is 1.75 bits per heavy atom. The van der Waals surface area contributed by atoms with Crippen LogP contribution in [0.2, 0.25) is 0 Å². The van der Waals surface area contributed by atoms with E-state index in [-0.39, 0.29) is 5.60 Å². The third-order valence-corrected chi connectivity index (χ3v) is 3.97. The normalized spacial score (nSPS) is 15.8. The average molecular weight is 275 g/mol. The number of anilines is 1. The molecule has 112 valence electrons. The molecule has 2 nitrogen and oxygen atoms in total. The second kappa shape index (κ2) is 6.51. The van der Waals surface area contributed by atoms with Gasteiger partial charge in [-0.3, -0.25) is 0 Å². The van der Waals surface area contributed by atoms with Crippen molar-refractivity contribution in [2.75, 3.05) is 18.0 Å². The molecule has 1 heterocycles. The molecule has 2 heteroatoms. The highest BCUT2D eigenvalue weighted by Crippen LogP contribution is 2.42. The van der Waals surface area contributed by atoms with Gasteiger partial charge in [0.05, 0.1) is 5.69 Å². The van der Waals surface area contributed by atoms with E-state index in [1.54, 1.807) is 0 Å². The number of benzene rings is 1. The first-order chi connectivity index (χ1) is 9.57.